The van der Waals surface area contributed by atoms with Gasteiger partial charge in [0.25, 0.3) is 0 Å². The molecule has 2 radical (unpaired) electrons. The van der Waals surface area contributed by atoms with Crippen molar-refractivity contribution in [2.75, 3.05) is 0 Å². The minimum absolute atomic E-state index is 0.0761. The van der Waals surface area contributed by atoms with Crippen molar-refractivity contribution in [3.8, 4) is 11.1 Å². The van der Waals surface area contributed by atoms with Gasteiger partial charge in [-0.05, 0) is 17.4 Å². The second-order valence-corrected chi connectivity index (χ2v) is 12.8. The van der Waals surface area contributed by atoms with Crippen molar-refractivity contribution in [2.45, 2.75) is 45.7 Å². The molecule has 0 saturated carbocycles. The Morgan fingerprint density at radius 3 is 2.06 bits per heavy atom. The SMILES string of the molecule is CC(C)(C)c1ccccc1C([NH-])=O.C[Si]C.[Cl][Zr+2][Cl].[c-]1cccc2c1Cc1ccccc1-2. The van der Waals surface area contributed by atoms with Gasteiger partial charge in [0.2, 0.25) is 0 Å². The molecule has 0 unspecified atom stereocenters. The molecular weight excluding hydrogens is 533 g/mol. The van der Waals surface area contributed by atoms with E-state index < -0.39 is 26.8 Å². The Morgan fingerprint density at radius 1 is 0.969 bits per heavy atom. The maximum absolute atomic E-state index is 11.0. The number of carbonyl (C=O) groups is 1. The van der Waals surface area contributed by atoms with Crippen molar-refractivity contribution in [1.82, 2.24) is 0 Å². The summed E-state index contributed by atoms with van der Waals surface area (Å²) >= 11 is -0.826. The van der Waals surface area contributed by atoms with Crippen molar-refractivity contribution in [3.63, 3.8) is 0 Å². The third kappa shape index (κ3) is 8.98. The number of hydrogen-bond donors (Lipinski definition) is 0. The summed E-state index contributed by atoms with van der Waals surface area (Å²) in [5.41, 5.74) is 14.0. The van der Waals surface area contributed by atoms with Gasteiger partial charge in [0.1, 0.15) is 0 Å². The molecule has 4 rings (SSSR count). The molecule has 1 amide bonds. The van der Waals surface area contributed by atoms with E-state index in [1.54, 1.807) is 12.1 Å². The van der Waals surface area contributed by atoms with Gasteiger partial charge in [-0.25, -0.2) is 0 Å². The predicted molar refractivity (Wildman–Crippen MR) is 137 cm³/mol. The molecule has 0 aliphatic heterocycles. The molecule has 6 heteroatoms. The van der Waals surface area contributed by atoms with Crippen molar-refractivity contribution < 1.29 is 25.6 Å². The van der Waals surface area contributed by atoms with Gasteiger partial charge in [-0.3, -0.25) is 0 Å². The van der Waals surface area contributed by atoms with E-state index >= 15 is 0 Å². The van der Waals surface area contributed by atoms with Gasteiger partial charge in [-0.2, -0.15) is 29.8 Å². The third-order valence-electron chi connectivity index (χ3n) is 4.60. The number of hydrogen-bond acceptors (Lipinski definition) is 1. The van der Waals surface area contributed by atoms with Crippen LogP contribution in [0.1, 0.15) is 47.8 Å². The van der Waals surface area contributed by atoms with E-state index in [0.717, 1.165) is 21.5 Å². The first-order valence-electron chi connectivity index (χ1n) is 10.2. The number of amides is 1. The molecule has 0 atom stereocenters. The maximum Gasteiger partial charge on any atom is -0.0253 e. The Hall–Kier alpha value is -1.19. The molecule has 3 aromatic rings. The number of fused-ring (bicyclic) bond motifs is 3. The zero-order valence-electron chi connectivity index (χ0n) is 19.2. The monoisotopic (exact) mass is 559 g/mol. The van der Waals surface area contributed by atoms with E-state index in [4.69, 9.17) is 22.8 Å². The molecule has 0 aromatic heterocycles. The molecule has 2 nitrogen and oxygen atoms in total. The first kappa shape index (κ1) is 28.8. The van der Waals surface area contributed by atoms with Crippen LogP contribution in [0, 0.1) is 6.07 Å². The number of rotatable bonds is 1. The first-order chi connectivity index (χ1) is 15.2. The topological polar surface area (TPSA) is 40.9 Å². The van der Waals surface area contributed by atoms with E-state index in [0.29, 0.717) is 5.56 Å². The summed E-state index contributed by atoms with van der Waals surface area (Å²) in [4.78, 5) is 11.0. The normalized spacial score (nSPS) is 10.5. The maximum atomic E-state index is 11.0. The molecule has 1 aliphatic rings. The van der Waals surface area contributed by atoms with Gasteiger partial charge in [0.05, 0.1) is 5.91 Å². The van der Waals surface area contributed by atoms with Crippen molar-refractivity contribution in [1.29, 1.82) is 0 Å². The van der Waals surface area contributed by atoms with Crippen LogP contribution >= 0.6 is 17.0 Å². The van der Waals surface area contributed by atoms with Crippen LogP contribution in [0.4, 0.5) is 0 Å². The smallest absolute Gasteiger partial charge is 0.0253 e. The van der Waals surface area contributed by atoms with Crippen LogP contribution in [0.3, 0.4) is 0 Å². The fraction of sp³-hybridized carbons (Fsp3) is 0.269. The van der Waals surface area contributed by atoms with E-state index in [1.165, 1.54) is 22.3 Å². The van der Waals surface area contributed by atoms with E-state index in [-0.39, 0.29) is 5.41 Å². The Balaban J connectivity index is 0.000000258. The minimum Gasteiger partial charge on any atom is -0.179 e. The summed E-state index contributed by atoms with van der Waals surface area (Å²) < 4.78 is 0. The number of nitrogens with one attached hydrogen (secondary N) is 1. The molecule has 0 heterocycles. The average Bonchev–Trinajstić information content (AvgIpc) is 3.13. The van der Waals surface area contributed by atoms with Gasteiger partial charge < -0.3 is 10.5 Å². The predicted octanol–water partition coefficient (Wildman–Crippen LogP) is 8.40. The average molecular weight is 562 g/mol. The standard InChI is InChI=1S/C13H9.C11H15NO.C2H6Si.2ClH.Zr/c1-3-7-12-10(5-1)9-11-6-2-4-8-13(11)12;1-11(2,3)9-7-5-4-6-8(9)10(12)13;1-3-2;;;/h1-5,7-8H,9H2;4-7H,1-3H3,(H2,12,13);1-2H3;2*1H;/q-1;;;;;+4/p-3. The quantitative estimate of drug-likeness (QED) is 0.170. The van der Waals surface area contributed by atoms with Crippen LogP contribution < -0.4 is 0 Å². The van der Waals surface area contributed by atoms with Gasteiger partial charge >= 0.3 is 37.9 Å². The van der Waals surface area contributed by atoms with Gasteiger partial charge in [-0.15, -0.1) is 5.56 Å². The number of halogens is 2. The van der Waals surface area contributed by atoms with Crippen molar-refractivity contribution in [3.05, 3.63) is 101 Å². The Bertz CT molecular complexity index is 944. The third-order valence-corrected chi connectivity index (χ3v) is 4.60. The van der Waals surface area contributed by atoms with E-state index in [9.17, 15) is 4.79 Å². The molecule has 0 fully saturated rings. The number of benzene rings is 3. The summed E-state index contributed by atoms with van der Waals surface area (Å²) in [5.74, 6) is -0.606. The van der Waals surface area contributed by atoms with Crippen LogP contribution in [-0.4, -0.2) is 15.4 Å². The molecular formula is C26H29Cl2NOSiZr. The van der Waals surface area contributed by atoms with Crippen LogP contribution in [0.2, 0.25) is 13.1 Å². The van der Waals surface area contributed by atoms with Crippen molar-refractivity contribution >= 4 is 32.5 Å². The molecule has 1 aliphatic carbocycles. The second-order valence-electron chi connectivity index (χ2n) is 8.09. The molecule has 0 saturated heterocycles. The first-order valence-corrected chi connectivity index (χ1v) is 18.5. The Labute approximate surface area is 214 Å². The van der Waals surface area contributed by atoms with Gasteiger partial charge in [-0.1, -0.05) is 93.5 Å². The van der Waals surface area contributed by atoms with Crippen LogP contribution in [0.15, 0.2) is 66.7 Å². The summed E-state index contributed by atoms with van der Waals surface area (Å²) in [5, 5.41) is 0. The van der Waals surface area contributed by atoms with E-state index in [1.807, 2.05) is 39.0 Å². The van der Waals surface area contributed by atoms with Gasteiger partial charge in [0, 0.05) is 15.1 Å². The van der Waals surface area contributed by atoms with Crippen LogP contribution in [-0.2, 0) is 32.7 Å². The fourth-order valence-corrected chi connectivity index (χ4v) is 3.33. The summed E-state index contributed by atoms with van der Waals surface area (Å²) in [6.45, 7) is 10.4. The second kappa shape index (κ2) is 14.9. The Kier molecular flexibility index (Phi) is 13.4. The molecule has 32 heavy (non-hydrogen) atoms. The van der Waals surface area contributed by atoms with Crippen molar-refractivity contribution in [2.24, 2.45) is 0 Å². The van der Waals surface area contributed by atoms with Crippen LogP contribution in [0.5, 0.6) is 0 Å². The molecule has 1 N–H and O–H groups in total. The zero-order valence-corrected chi connectivity index (χ0v) is 24.2. The molecule has 0 bridgehead atoms. The summed E-state index contributed by atoms with van der Waals surface area (Å²) in [7, 11) is 11.0. The molecule has 0 spiro atoms. The molecule has 166 valence electrons. The Morgan fingerprint density at radius 2 is 1.50 bits per heavy atom. The largest absolute Gasteiger partial charge is 0.179 e. The number of carbonyl (C=O) groups excluding carboxylic acids is 1. The minimum atomic E-state index is -0.826. The summed E-state index contributed by atoms with van der Waals surface area (Å²) in [6.07, 6.45) is 1.05. The fourth-order valence-electron chi connectivity index (χ4n) is 3.33. The van der Waals surface area contributed by atoms with Gasteiger partial charge in [0.15, 0.2) is 0 Å². The zero-order chi connectivity index (χ0) is 24.1. The summed E-state index contributed by atoms with van der Waals surface area (Å²) in [6, 6.07) is 25.4. The van der Waals surface area contributed by atoms with E-state index in [2.05, 4.69) is 55.6 Å². The van der Waals surface area contributed by atoms with Crippen LogP contribution in [0.25, 0.3) is 16.9 Å². The molecule has 3 aromatic carbocycles.